The van der Waals surface area contributed by atoms with Crippen LogP contribution in [0.3, 0.4) is 0 Å². The summed E-state index contributed by atoms with van der Waals surface area (Å²) in [5, 5.41) is 40.1. The zero-order valence-electron chi connectivity index (χ0n) is 19.4. The van der Waals surface area contributed by atoms with Crippen molar-refractivity contribution in [1.82, 2.24) is 24.9 Å². The molecular weight excluding hydrogens is 438 g/mol. The number of nitrogens with one attached hydrogen (secondary N) is 1. The number of aliphatic hydroxyl groups excluding tert-OH is 1. The summed E-state index contributed by atoms with van der Waals surface area (Å²) >= 11 is 0. The third kappa shape index (κ3) is 14.8. The minimum Gasteiger partial charge on any atom is -0.480 e. The first-order chi connectivity index (χ1) is 15.7. The predicted molar refractivity (Wildman–Crippen MR) is 119 cm³/mol. The first-order valence-electron chi connectivity index (χ1n) is 11.1. The van der Waals surface area contributed by atoms with Gasteiger partial charge in [-0.3, -0.25) is 34.0 Å². The molecule has 0 radical (unpaired) electrons. The van der Waals surface area contributed by atoms with Crippen LogP contribution in [0.1, 0.15) is 6.42 Å². The molecule has 0 aliphatic carbocycles. The maximum Gasteiger partial charge on any atom is 0.317 e. The third-order valence-electron chi connectivity index (χ3n) is 5.28. The molecule has 1 heterocycles. The third-order valence-corrected chi connectivity index (χ3v) is 5.28. The summed E-state index contributed by atoms with van der Waals surface area (Å²) in [5.74, 6) is -2.11. The van der Waals surface area contributed by atoms with E-state index in [1.807, 2.05) is 9.80 Å². The van der Waals surface area contributed by atoms with Gasteiger partial charge in [0.2, 0.25) is 5.91 Å². The van der Waals surface area contributed by atoms with Crippen LogP contribution in [0.5, 0.6) is 0 Å². The van der Waals surface area contributed by atoms with Crippen molar-refractivity contribution >= 4 is 17.8 Å². The van der Waals surface area contributed by atoms with Crippen LogP contribution in [0.4, 0.5) is 0 Å². The number of ether oxygens (including phenoxy) is 1. The topological polar surface area (TPSA) is 166 Å². The number of carbonyl (C=O) groups excluding carboxylic acids is 1. The van der Waals surface area contributed by atoms with Crippen LogP contribution < -0.4 is 5.32 Å². The molecule has 0 bridgehead atoms. The second-order valence-corrected chi connectivity index (χ2v) is 8.09. The fourth-order valence-corrected chi connectivity index (χ4v) is 3.55. The highest BCUT2D eigenvalue weighted by atomic mass is 16.5. The summed E-state index contributed by atoms with van der Waals surface area (Å²) in [5.41, 5.74) is 0. The van der Waals surface area contributed by atoms with Gasteiger partial charge in [-0.2, -0.15) is 0 Å². The highest BCUT2D eigenvalue weighted by Gasteiger charge is 2.20. The normalized spacial score (nSPS) is 18.5. The minimum absolute atomic E-state index is 0.00308. The zero-order valence-corrected chi connectivity index (χ0v) is 19.4. The Labute approximate surface area is 194 Å². The van der Waals surface area contributed by atoms with Gasteiger partial charge in [0.15, 0.2) is 6.29 Å². The standard InChI is InChI=1S/C20H39N5O8/c1-33-12-2-3-21-17(26)13-22-4-6-23(14-18(27)28)8-10-25(16-20(31)32)11-9-24(7-5-22)15-19(29)30/h18,27-28H,2-16H2,1H3,(H,21,26)(H,29,30)(H,31,32). The Balaban J connectivity index is 2.85. The molecule has 0 aromatic heterocycles. The van der Waals surface area contributed by atoms with Gasteiger partial charge < -0.3 is 30.5 Å². The van der Waals surface area contributed by atoms with Crippen molar-refractivity contribution in [3.8, 4) is 0 Å². The lowest BCUT2D eigenvalue weighted by Crippen LogP contribution is -2.50. The number of aliphatic carboxylic acids is 2. The molecule has 1 fully saturated rings. The molecule has 192 valence electrons. The molecule has 0 unspecified atom stereocenters. The van der Waals surface area contributed by atoms with E-state index in [9.17, 15) is 34.8 Å². The first kappa shape index (κ1) is 29.2. The Morgan fingerprint density at radius 3 is 1.61 bits per heavy atom. The number of rotatable bonds is 12. The minimum atomic E-state index is -1.53. The van der Waals surface area contributed by atoms with Gasteiger partial charge in [0, 0.05) is 79.2 Å². The lowest BCUT2D eigenvalue weighted by atomic mass is 10.3. The Kier molecular flexibility index (Phi) is 14.8. The maximum atomic E-state index is 12.4. The van der Waals surface area contributed by atoms with E-state index >= 15 is 0 Å². The van der Waals surface area contributed by atoms with E-state index in [1.54, 1.807) is 16.9 Å². The highest BCUT2D eigenvalue weighted by Crippen LogP contribution is 2.02. The smallest absolute Gasteiger partial charge is 0.317 e. The monoisotopic (exact) mass is 477 g/mol. The van der Waals surface area contributed by atoms with Gasteiger partial charge in [0.25, 0.3) is 0 Å². The van der Waals surface area contributed by atoms with Crippen LogP contribution in [0.2, 0.25) is 0 Å². The molecule has 13 nitrogen and oxygen atoms in total. The number of nitrogens with zero attached hydrogens (tertiary/aromatic N) is 4. The van der Waals surface area contributed by atoms with Gasteiger partial charge in [0.1, 0.15) is 0 Å². The van der Waals surface area contributed by atoms with E-state index in [0.717, 1.165) is 0 Å². The van der Waals surface area contributed by atoms with E-state index in [0.29, 0.717) is 71.9 Å². The van der Waals surface area contributed by atoms with Crippen LogP contribution in [-0.4, -0.2) is 163 Å². The van der Waals surface area contributed by atoms with Crippen molar-refractivity contribution in [3.05, 3.63) is 0 Å². The molecule has 0 saturated carbocycles. The van der Waals surface area contributed by atoms with Crippen LogP contribution in [0.15, 0.2) is 0 Å². The van der Waals surface area contributed by atoms with Crippen molar-refractivity contribution in [2.24, 2.45) is 0 Å². The first-order valence-corrected chi connectivity index (χ1v) is 11.1. The molecule has 5 N–H and O–H groups in total. The number of carbonyl (C=O) groups is 3. The number of hydrogen-bond acceptors (Lipinski definition) is 10. The molecular formula is C20H39N5O8. The zero-order chi connectivity index (χ0) is 24.6. The van der Waals surface area contributed by atoms with Crippen LogP contribution in [0, 0.1) is 0 Å². The average Bonchev–Trinajstić information content (AvgIpc) is 2.72. The van der Waals surface area contributed by atoms with E-state index in [1.165, 1.54) is 0 Å². The summed E-state index contributed by atoms with van der Waals surface area (Å²) in [7, 11) is 1.59. The van der Waals surface area contributed by atoms with E-state index in [4.69, 9.17) is 4.74 Å². The molecule has 13 heteroatoms. The molecule has 0 aromatic rings. The number of β-amino-alcohol motifs (C(OH)–C–C–N with tert-alkyl or cyclic N) is 2. The summed E-state index contributed by atoms with van der Waals surface area (Å²) in [4.78, 5) is 42.0. The lowest BCUT2D eigenvalue weighted by molar-refractivity contribution is -0.140. The molecule has 1 rings (SSSR count). The Hall–Kier alpha value is -1.87. The molecule has 0 spiro atoms. The predicted octanol–water partition coefficient (Wildman–Crippen LogP) is -3.16. The van der Waals surface area contributed by atoms with Gasteiger partial charge in [-0.05, 0) is 6.42 Å². The summed E-state index contributed by atoms with van der Waals surface area (Å²) in [6.45, 7) is 4.03. The Bertz CT molecular complexity index is 595. The summed E-state index contributed by atoms with van der Waals surface area (Å²) in [6, 6.07) is 0. The molecule has 0 atom stereocenters. The SMILES string of the molecule is COCCCNC(=O)CN1CCN(CC(=O)O)CCN(CC(=O)O)CCN(CC(O)O)CC1. The average molecular weight is 478 g/mol. The van der Waals surface area contributed by atoms with Crippen LogP contribution in [0.25, 0.3) is 0 Å². The van der Waals surface area contributed by atoms with Crippen molar-refractivity contribution < 1.29 is 39.5 Å². The van der Waals surface area contributed by atoms with Crippen molar-refractivity contribution in [1.29, 1.82) is 0 Å². The van der Waals surface area contributed by atoms with Gasteiger partial charge in [-0.25, -0.2) is 0 Å². The number of amides is 1. The molecule has 33 heavy (non-hydrogen) atoms. The number of aliphatic hydroxyl groups is 2. The van der Waals surface area contributed by atoms with Gasteiger partial charge in [-0.15, -0.1) is 0 Å². The lowest BCUT2D eigenvalue weighted by Gasteiger charge is -2.33. The second-order valence-electron chi connectivity index (χ2n) is 8.09. The number of carboxylic acid groups (broad SMARTS) is 2. The molecule has 1 amide bonds. The largest absolute Gasteiger partial charge is 0.480 e. The summed E-state index contributed by atoms with van der Waals surface area (Å²) < 4.78 is 4.97. The molecule has 1 saturated heterocycles. The van der Waals surface area contributed by atoms with Gasteiger partial charge >= 0.3 is 11.9 Å². The van der Waals surface area contributed by atoms with E-state index < -0.39 is 18.2 Å². The van der Waals surface area contributed by atoms with Gasteiger partial charge in [0.05, 0.1) is 19.6 Å². The van der Waals surface area contributed by atoms with Crippen molar-refractivity contribution in [3.63, 3.8) is 0 Å². The van der Waals surface area contributed by atoms with Crippen LogP contribution >= 0.6 is 0 Å². The number of carboxylic acids is 2. The van der Waals surface area contributed by atoms with Crippen molar-refractivity contribution in [2.75, 3.05) is 98.8 Å². The highest BCUT2D eigenvalue weighted by molar-refractivity contribution is 5.78. The van der Waals surface area contributed by atoms with E-state index in [2.05, 4.69) is 5.32 Å². The maximum absolute atomic E-state index is 12.4. The molecule has 1 aliphatic rings. The fourth-order valence-electron chi connectivity index (χ4n) is 3.55. The fraction of sp³-hybridized carbons (Fsp3) is 0.850. The number of methoxy groups -OCH3 is 1. The molecule has 1 aliphatic heterocycles. The Morgan fingerprint density at radius 1 is 0.788 bits per heavy atom. The van der Waals surface area contributed by atoms with Crippen LogP contribution in [-0.2, 0) is 19.1 Å². The Morgan fingerprint density at radius 2 is 1.21 bits per heavy atom. The number of hydrogen-bond donors (Lipinski definition) is 5. The second kappa shape index (κ2) is 16.7. The quantitative estimate of drug-likeness (QED) is 0.142. The molecule has 0 aromatic carbocycles. The van der Waals surface area contributed by atoms with Crippen molar-refractivity contribution in [2.45, 2.75) is 12.7 Å². The van der Waals surface area contributed by atoms with E-state index in [-0.39, 0.29) is 32.1 Å². The van der Waals surface area contributed by atoms with Gasteiger partial charge in [-0.1, -0.05) is 0 Å². The summed E-state index contributed by atoms with van der Waals surface area (Å²) in [6.07, 6.45) is -0.835.